The van der Waals surface area contributed by atoms with E-state index in [2.05, 4.69) is 51.6 Å². The molecular weight excluding hydrogens is 376 g/mol. The van der Waals surface area contributed by atoms with E-state index in [-0.39, 0.29) is 18.1 Å². The third kappa shape index (κ3) is 5.43. The van der Waals surface area contributed by atoms with Crippen molar-refractivity contribution in [3.05, 3.63) is 59.5 Å². The number of likely N-dealkylation sites (tertiary alicyclic amines) is 2. The predicted molar refractivity (Wildman–Crippen MR) is 118 cm³/mol. The van der Waals surface area contributed by atoms with E-state index in [0.717, 1.165) is 51.3 Å². The quantitative estimate of drug-likeness (QED) is 0.731. The first-order valence-corrected chi connectivity index (χ1v) is 11.3. The van der Waals surface area contributed by atoms with Crippen molar-refractivity contribution in [3.63, 3.8) is 0 Å². The molecule has 2 saturated heterocycles. The summed E-state index contributed by atoms with van der Waals surface area (Å²) in [4.78, 5) is 17.4. The van der Waals surface area contributed by atoms with Crippen LogP contribution in [0.15, 0.2) is 47.1 Å². The molecule has 6 heteroatoms. The van der Waals surface area contributed by atoms with Crippen LogP contribution in [0.3, 0.4) is 0 Å². The second-order valence-corrected chi connectivity index (χ2v) is 8.61. The number of benzene rings is 1. The summed E-state index contributed by atoms with van der Waals surface area (Å²) in [5.41, 5.74) is 2.74. The highest BCUT2D eigenvalue weighted by Crippen LogP contribution is 2.25. The first kappa shape index (κ1) is 20.9. The minimum absolute atomic E-state index is 0.0666. The van der Waals surface area contributed by atoms with Crippen molar-refractivity contribution < 1.29 is 9.21 Å². The van der Waals surface area contributed by atoms with Crippen LogP contribution in [0.5, 0.6) is 0 Å². The molecule has 1 atom stereocenters. The molecule has 0 aliphatic carbocycles. The van der Waals surface area contributed by atoms with E-state index in [1.807, 2.05) is 12.1 Å². The van der Waals surface area contributed by atoms with Gasteiger partial charge in [-0.25, -0.2) is 4.79 Å². The smallest absolute Gasteiger partial charge is 0.315 e. The number of nitrogens with one attached hydrogen (secondary N) is 2. The highest BCUT2D eigenvalue weighted by molar-refractivity contribution is 5.74. The number of aryl methyl sites for hydroxylation is 1. The van der Waals surface area contributed by atoms with Crippen molar-refractivity contribution >= 4 is 6.03 Å². The fourth-order valence-electron chi connectivity index (χ4n) is 4.63. The van der Waals surface area contributed by atoms with Gasteiger partial charge >= 0.3 is 6.03 Å². The zero-order valence-corrected chi connectivity index (χ0v) is 18.0. The zero-order chi connectivity index (χ0) is 20.8. The van der Waals surface area contributed by atoms with E-state index in [1.165, 1.54) is 24.0 Å². The Kier molecular flexibility index (Phi) is 7.07. The fourth-order valence-corrected chi connectivity index (χ4v) is 4.63. The summed E-state index contributed by atoms with van der Waals surface area (Å²) in [6.45, 7) is 7.90. The predicted octanol–water partition coefficient (Wildman–Crippen LogP) is 3.69. The Balaban J connectivity index is 1.21. The number of carbonyl (C=O) groups excluding carboxylic acids is 1. The lowest BCUT2D eigenvalue weighted by molar-refractivity contribution is 0.181. The summed E-state index contributed by atoms with van der Waals surface area (Å²) in [7, 11) is 0. The summed E-state index contributed by atoms with van der Waals surface area (Å²) in [5, 5.41) is 6.27. The molecule has 0 spiro atoms. The number of carbonyl (C=O) groups is 1. The van der Waals surface area contributed by atoms with E-state index in [4.69, 9.17) is 4.42 Å². The number of nitrogens with zero attached hydrogens (tertiary/aromatic N) is 2. The fraction of sp³-hybridized carbons (Fsp3) is 0.542. The molecule has 6 nitrogen and oxygen atoms in total. The normalized spacial score (nSPS) is 19.6. The van der Waals surface area contributed by atoms with Gasteiger partial charge in [0.2, 0.25) is 0 Å². The number of rotatable bonds is 7. The largest absolute Gasteiger partial charge is 0.468 e. The molecule has 3 heterocycles. The number of hydrogen-bond donors (Lipinski definition) is 2. The Labute approximate surface area is 179 Å². The van der Waals surface area contributed by atoms with Gasteiger partial charge in [-0.1, -0.05) is 24.3 Å². The van der Waals surface area contributed by atoms with Crippen molar-refractivity contribution in [3.8, 4) is 0 Å². The van der Waals surface area contributed by atoms with Crippen molar-refractivity contribution in [2.45, 2.75) is 51.2 Å². The third-order valence-corrected chi connectivity index (χ3v) is 6.49. The van der Waals surface area contributed by atoms with Gasteiger partial charge < -0.3 is 15.1 Å². The topological polar surface area (TPSA) is 60.8 Å². The van der Waals surface area contributed by atoms with E-state index in [1.54, 1.807) is 6.26 Å². The van der Waals surface area contributed by atoms with E-state index < -0.39 is 0 Å². The minimum atomic E-state index is -0.0666. The van der Waals surface area contributed by atoms with Crippen LogP contribution in [-0.2, 0) is 6.54 Å². The van der Waals surface area contributed by atoms with Crippen LogP contribution in [0.2, 0.25) is 0 Å². The molecule has 2 aliphatic rings. The molecule has 2 amide bonds. The van der Waals surface area contributed by atoms with Crippen molar-refractivity contribution in [2.24, 2.45) is 0 Å². The zero-order valence-electron chi connectivity index (χ0n) is 18.0. The maximum Gasteiger partial charge on any atom is 0.315 e. The van der Waals surface area contributed by atoms with Crippen molar-refractivity contribution in [1.82, 2.24) is 20.4 Å². The Bertz CT molecular complexity index is 793. The minimum Gasteiger partial charge on any atom is -0.468 e. The summed E-state index contributed by atoms with van der Waals surface area (Å²) in [5.74, 6) is 0.932. The molecule has 162 valence electrons. The number of amides is 2. The summed E-state index contributed by atoms with van der Waals surface area (Å²) in [6, 6.07) is 12.8. The monoisotopic (exact) mass is 410 g/mol. The average Bonchev–Trinajstić information content (AvgIpc) is 3.46. The van der Waals surface area contributed by atoms with Crippen LogP contribution >= 0.6 is 0 Å². The van der Waals surface area contributed by atoms with Gasteiger partial charge in [-0.15, -0.1) is 0 Å². The van der Waals surface area contributed by atoms with Gasteiger partial charge in [0, 0.05) is 32.2 Å². The number of hydrogen-bond acceptors (Lipinski definition) is 4. The summed E-state index contributed by atoms with van der Waals surface area (Å²) >= 11 is 0. The second-order valence-electron chi connectivity index (χ2n) is 8.61. The van der Waals surface area contributed by atoms with Crippen LogP contribution in [0.4, 0.5) is 4.79 Å². The van der Waals surface area contributed by atoms with Gasteiger partial charge in [-0.2, -0.15) is 0 Å². The Morgan fingerprint density at radius 2 is 1.87 bits per heavy atom. The Hall–Kier alpha value is -2.31. The molecule has 30 heavy (non-hydrogen) atoms. The van der Waals surface area contributed by atoms with E-state index >= 15 is 0 Å². The highest BCUT2D eigenvalue weighted by atomic mass is 16.3. The van der Waals surface area contributed by atoms with Crippen LogP contribution in [0, 0.1) is 6.92 Å². The second kappa shape index (κ2) is 10.1. The molecule has 1 aromatic heterocycles. The number of piperidine rings is 1. The first-order chi connectivity index (χ1) is 14.7. The van der Waals surface area contributed by atoms with Gasteiger partial charge in [-0.05, 0) is 69.0 Å². The van der Waals surface area contributed by atoms with Gasteiger partial charge in [0.15, 0.2) is 0 Å². The molecule has 2 fully saturated rings. The Morgan fingerprint density at radius 1 is 1.10 bits per heavy atom. The Morgan fingerprint density at radius 3 is 2.57 bits per heavy atom. The molecule has 1 unspecified atom stereocenters. The molecule has 2 aliphatic heterocycles. The number of urea groups is 1. The molecule has 2 aromatic rings. The molecule has 0 saturated carbocycles. The van der Waals surface area contributed by atoms with Gasteiger partial charge in [0.1, 0.15) is 5.76 Å². The average molecular weight is 411 g/mol. The molecule has 2 N–H and O–H groups in total. The standard InChI is InChI=1S/C24H34N4O2/c1-19-7-2-3-8-20(19)18-27-14-10-21(11-15-27)26-24(29)25-17-22(23-9-6-16-30-23)28-12-4-5-13-28/h2-3,6-9,16,21-22H,4-5,10-15,17-18H2,1H3,(H2,25,26,29). The molecule has 0 bridgehead atoms. The summed E-state index contributed by atoms with van der Waals surface area (Å²) in [6.07, 6.45) is 6.12. The summed E-state index contributed by atoms with van der Waals surface area (Å²) < 4.78 is 5.64. The lowest BCUT2D eigenvalue weighted by atomic mass is 10.0. The van der Waals surface area contributed by atoms with E-state index in [9.17, 15) is 4.79 Å². The van der Waals surface area contributed by atoms with Crippen LogP contribution in [0.1, 0.15) is 48.6 Å². The van der Waals surface area contributed by atoms with Gasteiger partial charge in [-0.3, -0.25) is 9.80 Å². The van der Waals surface area contributed by atoms with Gasteiger partial charge in [0.05, 0.1) is 12.3 Å². The maximum absolute atomic E-state index is 12.5. The van der Waals surface area contributed by atoms with E-state index in [0.29, 0.717) is 6.54 Å². The lowest BCUT2D eigenvalue weighted by Crippen LogP contribution is -2.49. The maximum atomic E-state index is 12.5. The number of furan rings is 1. The van der Waals surface area contributed by atoms with Crippen LogP contribution in [0.25, 0.3) is 0 Å². The first-order valence-electron chi connectivity index (χ1n) is 11.3. The molecule has 0 radical (unpaired) electrons. The molecular formula is C24H34N4O2. The van der Waals surface area contributed by atoms with Crippen molar-refractivity contribution in [1.29, 1.82) is 0 Å². The molecule has 1 aromatic carbocycles. The van der Waals surface area contributed by atoms with Crippen molar-refractivity contribution in [2.75, 3.05) is 32.7 Å². The van der Waals surface area contributed by atoms with Crippen LogP contribution in [-0.4, -0.2) is 54.6 Å². The highest BCUT2D eigenvalue weighted by Gasteiger charge is 2.27. The third-order valence-electron chi connectivity index (χ3n) is 6.49. The lowest BCUT2D eigenvalue weighted by Gasteiger charge is -2.33. The molecule has 4 rings (SSSR count). The SMILES string of the molecule is Cc1ccccc1CN1CCC(NC(=O)NCC(c2ccco2)N2CCCC2)CC1. The van der Waals surface area contributed by atoms with Crippen LogP contribution < -0.4 is 10.6 Å². The van der Waals surface area contributed by atoms with Gasteiger partial charge in [0.25, 0.3) is 0 Å².